The number of nitriles is 1. The molecular weight excluding hydrogens is 702 g/mol. The molecule has 53 heavy (non-hydrogen) atoms. The molecule has 1 unspecified atom stereocenters. The third-order valence-electron chi connectivity index (χ3n) is 12.6. The van der Waals surface area contributed by atoms with Crippen molar-refractivity contribution in [1.82, 2.24) is 20.1 Å². The summed E-state index contributed by atoms with van der Waals surface area (Å²) in [5, 5.41) is 39.1. The second-order valence-electron chi connectivity index (χ2n) is 15.0. The number of hydrogen-bond donors (Lipinski definition) is 4. The van der Waals surface area contributed by atoms with E-state index in [0.717, 1.165) is 27.6 Å². The van der Waals surface area contributed by atoms with E-state index in [1.165, 1.54) is 23.9 Å². The minimum Gasteiger partial charge on any atom is -0.507 e. The second-order valence-corrected chi connectivity index (χ2v) is 16.1. The number of fused-ring (bicyclic) bond motifs is 11. The van der Waals surface area contributed by atoms with Crippen LogP contribution in [0.15, 0.2) is 24.3 Å². The molecule has 12 nitrogen and oxygen atoms in total. The van der Waals surface area contributed by atoms with E-state index in [2.05, 4.69) is 26.2 Å². The van der Waals surface area contributed by atoms with Gasteiger partial charge in [0.25, 0.3) is 0 Å². The van der Waals surface area contributed by atoms with Crippen molar-refractivity contribution in [1.29, 1.82) is 5.26 Å². The molecule has 14 heteroatoms. The van der Waals surface area contributed by atoms with Crippen LogP contribution in [0, 0.1) is 31.0 Å². The number of carbonyl (C=O) groups is 1. The minimum absolute atomic E-state index is 0.0351. The van der Waals surface area contributed by atoms with E-state index in [1.54, 1.807) is 20.1 Å². The summed E-state index contributed by atoms with van der Waals surface area (Å²) in [4.78, 5) is 22.4. The van der Waals surface area contributed by atoms with Crippen LogP contribution in [0.4, 0.5) is 4.39 Å². The van der Waals surface area contributed by atoms with Crippen molar-refractivity contribution in [3.63, 3.8) is 0 Å². The highest BCUT2D eigenvalue weighted by atomic mass is 32.2. The lowest BCUT2D eigenvalue weighted by molar-refractivity contribution is -0.157. The molecule has 3 aromatic carbocycles. The van der Waals surface area contributed by atoms with Crippen molar-refractivity contribution < 1.29 is 38.3 Å². The predicted molar refractivity (Wildman–Crippen MR) is 192 cm³/mol. The molecule has 7 atom stereocenters. The Hall–Kier alpha value is -4.68. The summed E-state index contributed by atoms with van der Waals surface area (Å²) in [7, 11) is 3.54. The van der Waals surface area contributed by atoms with Gasteiger partial charge in [0.2, 0.25) is 6.79 Å². The van der Waals surface area contributed by atoms with Gasteiger partial charge in [-0.15, -0.1) is 11.8 Å². The van der Waals surface area contributed by atoms with E-state index in [-0.39, 0.29) is 42.5 Å². The lowest BCUT2D eigenvalue weighted by Gasteiger charge is -2.62. The smallest absolute Gasteiger partial charge is 0.333 e. The first-order valence-corrected chi connectivity index (χ1v) is 18.9. The molecule has 2 fully saturated rings. The maximum atomic E-state index is 14.7. The van der Waals surface area contributed by atoms with Gasteiger partial charge >= 0.3 is 5.97 Å². The van der Waals surface area contributed by atoms with E-state index in [0.29, 0.717) is 64.5 Å². The summed E-state index contributed by atoms with van der Waals surface area (Å²) in [5.74, 6) is 0.736. The fourth-order valence-corrected chi connectivity index (χ4v) is 12.1. The Kier molecular flexibility index (Phi) is 7.09. The third kappa shape index (κ3) is 4.19. The molecule has 274 valence electrons. The molecule has 1 aromatic heterocycles. The van der Waals surface area contributed by atoms with Gasteiger partial charge in [0.15, 0.2) is 28.5 Å². The molecule has 4 N–H and O–H groups in total. The number of hydrogen-bond acceptors (Lipinski definition) is 12. The number of rotatable bonds is 1. The molecule has 0 amide bonds. The van der Waals surface area contributed by atoms with Crippen LogP contribution in [0.25, 0.3) is 10.9 Å². The number of aromatic amines is 1. The maximum Gasteiger partial charge on any atom is 0.333 e. The topological polar surface area (TPSA) is 153 Å². The van der Waals surface area contributed by atoms with Gasteiger partial charge in [-0.2, -0.15) is 5.26 Å². The Bertz CT molecular complexity index is 2330. The van der Waals surface area contributed by atoms with Crippen LogP contribution in [-0.4, -0.2) is 88.9 Å². The van der Waals surface area contributed by atoms with Gasteiger partial charge in [0.1, 0.15) is 24.2 Å². The molecule has 4 bridgehead atoms. The summed E-state index contributed by atoms with van der Waals surface area (Å²) in [6.07, 6.45) is 1.14. The highest BCUT2D eigenvalue weighted by Crippen LogP contribution is 2.64. The number of benzene rings is 3. The molecule has 8 heterocycles. The molecule has 0 saturated carbocycles. The predicted octanol–water partition coefficient (Wildman–Crippen LogP) is 4.67. The van der Waals surface area contributed by atoms with Crippen molar-refractivity contribution in [2.75, 3.05) is 39.9 Å². The number of aromatic nitrogens is 1. The number of likely N-dealkylation sites (N-methyl/N-ethyl adjacent to an activating group) is 1. The van der Waals surface area contributed by atoms with E-state index >= 15 is 0 Å². The SMILES string of the molecule is COc1c(C)cc2c(c1O)[C@@H]1C3[C@@H]4SC[C@]5(NCCc6c5[nH]c5cc(F)ccc65)C(=O)OC[C@@H](c5c6c(c(C)c(O)c54)OCO6)N3[C@@H](C#N)[C@@H](C2)N1C. The lowest BCUT2D eigenvalue weighted by atomic mass is 9.71. The number of ether oxygens (including phenoxy) is 4. The normalized spacial score (nSPS) is 29.9. The fraction of sp³-hybridized carbons (Fsp3) is 0.436. The molecular formula is C39H38FN5O7S. The van der Waals surface area contributed by atoms with Crippen molar-refractivity contribution in [3.8, 4) is 34.8 Å². The number of nitrogens with zero attached hydrogens (tertiary/aromatic N) is 3. The van der Waals surface area contributed by atoms with Crippen LogP contribution in [0.2, 0.25) is 0 Å². The van der Waals surface area contributed by atoms with Crippen molar-refractivity contribution >= 4 is 28.6 Å². The molecule has 1 spiro atoms. The molecule has 7 aliphatic heterocycles. The maximum absolute atomic E-state index is 14.7. The Morgan fingerprint density at radius 1 is 1.11 bits per heavy atom. The number of H-pyrrole nitrogens is 1. The number of nitrogens with one attached hydrogen (secondary N) is 2. The van der Waals surface area contributed by atoms with Gasteiger partial charge < -0.3 is 34.1 Å². The van der Waals surface area contributed by atoms with Crippen molar-refractivity contribution in [3.05, 3.63) is 74.7 Å². The first kappa shape index (κ1) is 32.9. The zero-order valence-corrected chi connectivity index (χ0v) is 30.4. The van der Waals surface area contributed by atoms with E-state index in [1.807, 2.05) is 20.0 Å². The highest BCUT2D eigenvalue weighted by molar-refractivity contribution is 7.99. The number of halogens is 1. The zero-order chi connectivity index (χ0) is 36.7. The number of methoxy groups -OCH3 is 1. The number of phenols is 2. The monoisotopic (exact) mass is 739 g/mol. The van der Waals surface area contributed by atoms with E-state index in [9.17, 15) is 24.7 Å². The van der Waals surface area contributed by atoms with Crippen LogP contribution >= 0.6 is 11.8 Å². The van der Waals surface area contributed by atoms with Crippen LogP contribution in [0.5, 0.6) is 28.7 Å². The molecule has 4 aromatic rings. The van der Waals surface area contributed by atoms with Crippen molar-refractivity contribution in [2.45, 2.75) is 67.7 Å². The Morgan fingerprint density at radius 3 is 2.72 bits per heavy atom. The summed E-state index contributed by atoms with van der Waals surface area (Å²) in [6.45, 7) is 4.00. The molecule has 2 saturated heterocycles. The van der Waals surface area contributed by atoms with Gasteiger partial charge in [-0.1, -0.05) is 6.07 Å². The molecule has 0 radical (unpaired) electrons. The summed E-state index contributed by atoms with van der Waals surface area (Å²) >= 11 is 1.49. The number of thioether (sulfide) groups is 1. The lowest BCUT2D eigenvalue weighted by Crippen LogP contribution is -2.69. The quantitative estimate of drug-likeness (QED) is 0.201. The van der Waals surface area contributed by atoms with Gasteiger partial charge in [0, 0.05) is 57.5 Å². The zero-order valence-electron chi connectivity index (χ0n) is 29.6. The summed E-state index contributed by atoms with van der Waals surface area (Å²) in [5.41, 5.74) is 5.13. The largest absolute Gasteiger partial charge is 0.507 e. The number of aromatic hydroxyl groups is 2. The van der Waals surface area contributed by atoms with Crippen LogP contribution in [0.1, 0.15) is 62.0 Å². The van der Waals surface area contributed by atoms with Gasteiger partial charge in [-0.05, 0) is 68.6 Å². The number of aryl methyl sites for hydroxylation is 1. The minimum atomic E-state index is -1.33. The van der Waals surface area contributed by atoms with Crippen molar-refractivity contribution in [2.24, 2.45) is 0 Å². The number of carbonyl (C=O) groups excluding carboxylic acids is 1. The fourth-order valence-electron chi connectivity index (χ4n) is 10.4. The van der Waals surface area contributed by atoms with E-state index in [4.69, 9.17) is 18.9 Å². The second kappa shape index (κ2) is 11.4. The van der Waals surface area contributed by atoms with Crippen LogP contribution < -0.4 is 19.5 Å². The molecule has 11 rings (SSSR count). The standard InChI is InChI=1S/C39H38FN5O7S/c1-16-9-18-10-23-24(12-41)45-25-13-50-38(48)39(37-21(7-8-42-39)20-6-5-19(40)11-22(20)43-37)14-53-36(28-27(25)35-34(51-15-52-35)17(2)31(28)46)30(45)29(44(23)3)26(18)32(47)33(16)49-4/h5-6,9,11,23-25,29-30,36,42-43,46-47H,7-8,10,13-15H2,1-4H3/t23-,24+,25+,29-,30?,36-,39-/m1/s1. The molecule has 0 aliphatic carbocycles. The first-order valence-electron chi connectivity index (χ1n) is 17.9. The average molecular weight is 740 g/mol. The summed E-state index contributed by atoms with van der Waals surface area (Å²) in [6, 6.07) is 6.72. The van der Waals surface area contributed by atoms with Gasteiger partial charge in [-0.3, -0.25) is 15.1 Å². The Labute approximate surface area is 308 Å². The number of phenolic OH excluding ortho intramolecular Hbond substituents is 2. The Balaban J connectivity index is 1.23. The van der Waals surface area contributed by atoms with E-state index < -0.39 is 40.9 Å². The van der Waals surface area contributed by atoms with Gasteiger partial charge in [-0.25, -0.2) is 9.18 Å². The number of esters is 1. The highest BCUT2D eigenvalue weighted by Gasteiger charge is 2.61. The molecule has 7 aliphatic rings. The third-order valence-corrected chi connectivity index (χ3v) is 14.1. The number of piperazine rings is 1. The van der Waals surface area contributed by atoms with Crippen LogP contribution in [-0.2, 0) is 27.9 Å². The van der Waals surface area contributed by atoms with Crippen LogP contribution in [0.3, 0.4) is 0 Å². The average Bonchev–Trinajstić information content (AvgIpc) is 3.78. The Morgan fingerprint density at radius 2 is 1.92 bits per heavy atom. The first-order chi connectivity index (χ1) is 25.6. The van der Waals surface area contributed by atoms with Gasteiger partial charge in [0.05, 0.1) is 36.2 Å². The summed E-state index contributed by atoms with van der Waals surface area (Å²) < 4.78 is 38.7.